The molecule has 2 aromatic carbocycles. The molecule has 3 aromatic rings. The molecule has 8 heteroatoms. The lowest BCUT2D eigenvalue weighted by atomic mass is 10.0. The van der Waals surface area contributed by atoms with Gasteiger partial charge in [-0.3, -0.25) is 9.59 Å². The molecule has 0 saturated carbocycles. The third-order valence-corrected chi connectivity index (χ3v) is 5.82. The Morgan fingerprint density at radius 1 is 1.17 bits per heavy atom. The van der Waals surface area contributed by atoms with Crippen LogP contribution in [0.15, 0.2) is 60.9 Å². The van der Waals surface area contributed by atoms with Gasteiger partial charge in [0.05, 0.1) is 16.6 Å². The fourth-order valence-electron chi connectivity index (χ4n) is 3.65. The number of imidazole rings is 1. The molecular formula is C22H20Cl2N4O2. The predicted molar refractivity (Wildman–Crippen MR) is 117 cm³/mol. The molecule has 1 saturated heterocycles. The monoisotopic (exact) mass is 442 g/mol. The van der Waals surface area contributed by atoms with Crippen LogP contribution < -0.4 is 10.2 Å². The maximum absolute atomic E-state index is 13.1. The molecule has 0 unspecified atom stereocenters. The predicted octanol–water partition coefficient (Wildman–Crippen LogP) is 3.99. The molecule has 1 aliphatic rings. The van der Waals surface area contributed by atoms with Crippen LogP contribution in [0, 0.1) is 5.92 Å². The molecule has 2 heterocycles. The Labute approximate surface area is 184 Å². The Morgan fingerprint density at radius 3 is 2.57 bits per heavy atom. The number of rotatable bonds is 5. The molecule has 2 atom stereocenters. The van der Waals surface area contributed by atoms with Gasteiger partial charge in [-0.1, -0.05) is 47.5 Å². The Bertz CT molecular complexity index is 1080. The van der Waals surface area contributed by atoms with Crippen molar-refractivity contribution in [3.05, 3.63) is 82.4 Å². The van der Waals surface area contributed by atoms with Crippen LogP contribution in [-0.4, -0.2) is 27.9 Å². The average Bonchev–Trinajstić information content (AvgIpc) is 3.33. The molecule has 0 aliphatic carbocycles. The SMILES string of the molecule is Cn1ccnc1[C@H](NC(=O)[C@H]1CC(=O)N(c2ccccc2Cl)C1)c1ccc(Cl)cc1. The molecule has 30 heavy (non-hydrogen) atoms. The van der Waals surface area contributed by atoms with Gasteiger partial charge >= 0.3 is 0 Å². The molecule has 0 radical (unpaired) electrons. The van der Waals surface area contributed by atoms with Gasteiger partial charge in [0.2, 0.25) is 11.8 Å². The second-order valence-corrected chi connectivity index (χ2v) is 8.09. The maximum atomic E-state index is 13.1. The number of carbonyl (C=O) groups is 2. The van der Waals surface area contributed by atoms with Gasteiger partial charge in [0.1, 0.15) is 11.9 Å². The molecule has 1 aromatic heterocycles. The minimum absolute atomic E-state index is 0.122. The zero-order chi connectivity index (χ0) is 21.3. The van der Waals surface area contributed by atoms with Gasteiger partial charge in [0.15, 0.2) is 0 Å². The normalized spacial score (nSPS) is 17.2. The number of para-hydroxylation sites is 1. The van der Waals surface area contributed by atoms with Crippen LogP contribution in [0.2, 0.25) is 10.0 Å². The molecule has 0 bridgehead atoms. The molecule has 1 fully saturated rings. The summed E-state index contributed by atoms with van der Waals surface area (Å²) in [5.74, 6) is -0.120. The van der Waals surface area contributed by atoms with E-state index in [1.54, 1.807) is 41.4 Å². The first kappa shape index (κ1) is 20.4. The van der Waals surface area contributed by atoms with Crippen LogP contribution in [0.3, 0.4) is 0 Å². The molecule has 1 N–H and O–H groups in total. The van der Waals surface area contributed by atoms with Crippen molar-refractivity contribution in [2.24, 2.45) is 13.0 Å². The lowest BCUT2D eigenvalue weighted by Gasteiger charge is -2.22. The van der Waals surface area contributed by atoms with E-state index in [2.05, 4.69) is 10.3 Å². The number of amides is 2. The van der Waals surface area contributed by atoms with E-state index >= 15 is 0 Å². The average molecular weight is 443 g/mol. The van der Waals surface area contributed by atoms with Crippen LogP contribution >= 0.6 is 23.2 Å². The highest BCUT2D eigenvalue weighted by atomic mass is 35.5. The van der Waals surface area contributed by atoms with Gasteiger partial charge in [-0.05, 0) is 29.8 Å². The van der Waals surface area contributed by atoms with Crippen molar-refractivity contribution in [2.75, 3.05) is 11.4 Å². The van der Waals surface area contributed by atoms with Crippen molar-refractivity contribution < 1.29 is 9.59 Å². The quantitative estimate of drug-likeness (QED) is 0.649. The van der Waals surface area contributed by atoms with Crippen LogP contribution in [0.25, 0.3) is 0 Å². The fourth-order valence-corrected chi connectivity index (χ4v) is 4.02. The van der Waals surface area contributed by atoms with Gasteiger partial charge in [-0.25, -0.2) is 4.98 Å². The molecule has 0 spiro atoms. The van der Waals surface area contributed by atoms with E-state index < -0.39 is 12.0 Å². The van der Waals surface area contributed by atoms with Crippen LogP contribution in [0.4, 0.5) is 5.69 Å². The van der Waals surface area contributed by atoms with Crippen LogP contribution in [0.1, 0.15) is 23.9 Å². The summed E-state index contributed by atoms with van der Waals surface area (Å²) in [7, 11) is 1.87. The van der Waals surface area contributed by atoms with Crippen molar-refractivity contribution in [3.8, 4) is 0 Å². The van der Waals surface area contributed by atoms with Gasteiger partial charge in [-0.2, -0.15) is 0 Å². The topological polar surface area (TPSA) is 67.2 Å². The number of hydrogen-bond acceptors (Lipinski definition) is 3. The highest BCUT2D eigenvalue weighted by molar-refractivity contribution is 6.34. The number of aryl methyl sites for hydroxylation is 1. The first-order valence-corrected chi connectivity index (χ1v) is 10.3. The van der Waals surface area contributed by atoms with E-state index in [-0.39, 0.29) is 24.8 Å². The molecular weight excluding hydrogens is 423 g/mol. The zero-order valence-electron chi connectivity index (χ0n) is 16.3. The highest BCUT2D eigenvalue weighted by Crippen LogP contribution is 2.32. The summed E-state index contributed by atoms with van der Waals surface area (Å²) in [5, 5.41) is 4.16. The summed E-state index contributed by atoms with van der Waals surface area (Å²) in [6.07, 6.45) is 3.64. The van der Waals surface area contributed by atoms with Gasteiger partial charge in [-0.15, -0.1) is 0 Å². The number of aromatic nitrogens is 2. The first-order valence-electron chi connectivity index (χ1n) is 9.52. The van der Waals surface area contributed by atoms with E-state index in [9.17, 15) is 9.59 Å². The third-order valence-electron chi connectivity index (χ3n) is 5.25. The third kappa shape index (κ3) is 4.06. The fraction of sp³-hybridized carbons (Fsp3) is 0.227. The van der Waals surface area contributed by atoms with Gasteiger partial charge in [0.25, 0.3) is 0 Å². The molecule has 6 nitrogen and oxygen atoms in total. The summed E-state index contributed by atoms with van der Waals surface area (Å²) in [5.41, 5.74) is 1.48. The lowest BCUT2D eigenvalue weighted by molar-refractivity contribution is -0.126. The van der Waals surface area contributed by atoms with Crippen molar-refractivity contribution in [3.63, 3.8) is 0 Å². The Balaban J connectivity index is 1.56. The second kappa shape index (κ2) is 8.50. The minimum atomic E-state index is -0.483. The van der Waals surface area contributed by atoms with Crippen LogP contribution in [-0.2, 0) is 16.6 Å². The lowest BCUT2D eigenvalue weighted by Crippen LogP contribution is -2.37. The van der Waals surface area contributed by atoms with Crippen molar-refractivity contribution in [1.82, 2.24) is 14.9 Å². The highest BCUT2D eigenvalue weighted by Gasteiger charge is 2.37. The summed E-state index contributed by atoms with van der Waals surface area (Å²) in [6, 6.07) is 13.9. The maximum Gasteiger partial charge on any atom is 0.227 e. The number of nitrogens with zero attached hydrogens (tertiary/aromatic N) is 3. The Kier molecular flexibility index (Phi) is 5.79. The van der Waals surface area contributed by atoms with Crippen molar-refractivity contribution >= 4 is 40.7 Å². The summed E-state index contributed by atoms with van der Waals surface area (Å²) < 4.78 is 1.86. The standard InChI is InChI=1S/C22H20Cl2N4O2/c1-27-11-10-25-21(27)20(14-6-8-16(23)9-7-14)26-22(30)15-12-19(29)28(13-15)18-5-3-2-4-17(18)24/h2-11,15,20H,12-13H2,1H3,(H,26,30)/t15-,20+/m0/s1. The summed E-state index contributed by atoms with van der Waals surface area (Å²) in [4.78, 5) is 31.7. The smallest absolute Gasteiger partial charge is 0.227 e. The number of anilines is 1. The molecule has 154 valence electrons. The number of nitrogens with one attached hydrogen (secondary N) is 1. The van der Waals surface area contributed by atoms with E-state index in [0.29, 0.717) is 21.6 Å². The molecule has 1 aliphatic heterocycles. The molecule has 2 amide bonds. The van der Waals surface area contributed by atoms with E-state index in [1.165, 1.54) is 0 Å². The Morgan fingerprint density at radius 2 is 1.90 bits per heavy atom. The van der Waals surface area contributed by atoms with E-state index in [1.807, 2.05) is 36.0 Å². The molecule has 4 rings (SSSR count). The van der Waals surface area contributed by atoms with Crippen LogP contribution in [0.5, 0.6) is 0 Å². The summed E-state index contributed by atoms with van der Waals surface area (Å²) >= 11 is 12.3. The number of halogens is 2. The first-order chi connectivity index (χ1) is 14.4. The van der Waals surface area contributed by atoms with Gasteiger partial charge in [0, 0.05) is 37.4 Å². The van der Waals surface area contributed by atoms with E-state index in [4.69, 9.17) is 23.2 Å². The van der Waals surface area contributed by atoms with Crippen molar-refractivity contribution in [2.45, 2.75) is 12.5 Å². The minimum Gasteiger partial charge on any atom is -0.342 e. The van der Waals surface area contributed by atoms with Gasteiger partial charge < -0.3 is 14.8 Å². The zero-order valence-corrected chi connectivity index (χ0v) is 17.8. The number of benzene rings is 2. The number of carbonyl (C=O) groups excluding carboxylic acids is 2. The van der Waals surface area contributed by atoms with E-state index in [0.717, 1.165) is 5.56 Å². The summed E-state index contributed by atoms with van der Waals surface area (Å²) in [6.45, 7) is 0.280. The number of hydrogen-bond donors (Lipinski definition) is 1. The largest absolute Gasteiger partial charge is 0.342 e. The second-order valence-electron chi connectivity index (χ2n) is 7.25. The van der Waals surface area contributed by atoms with Crippen molar-refractivity contribution in [1.29, 1.82) is 0 Å². The Hall–Kier alpha value is -2.83.